The van der Waals surface area contributed by atoms with E-state index in [2.05, 4.69) is 10.1 Å². The van der Waals surface area contributed by atoms with Crippen molar-refractivity contribution in [1.82, 2.24) is 14.6 Å². The van der Waals surface area contributed by atoms with Crippen molar-refractivity contribution in [3.63, 3.8) is 0 Å². The standard InChI is InChI=1S/C18H29N4O9P/c1-4-11(5-2)8-28-17(24)10(3)21-32(27)29-9-12-15(31-32)14(23)16(30-12)22-7-6-13(20-26)19-18(22)25/h6-7,10-12,14-16,23,26H,4-5,8-9H2,1-3H3,(H,21,27)(H,19,20,25)/t10-,12+,14+,15+,16+,32?/m0/s1. The van der Waals surface area contributed by atoms with Gasteiger partial charge >= 0.3 is 19.4 Å². The molecule has 1 unspecified atom stereocenters. The second-order valence-electron chi connectivity index (χ2n) is 7.70. The van der Waals surface area contributed by atoms with E-state index in [1.807, 2.05) is 13.8 Å². The molecule has 32 heavy (non-hydrogen) atoms. The van der Waals surface area contributed by atoms with Crippen molar-refractivity contribution < 1.29 is 38.2 Å². The van der Waals surface area contributed by atoms with Gasteiger partial charge in [-0.3, -0.25) is 29.1 Å². The third-order valence-corrected chi connectivity index (χ3v) is 7.23. The molecule has 0 saturated carbocycles. The Morgan fingerprint density at radius 3 is 2.78 bits per heavy atom. The number of carbonyl (C=O) groups is 1. The van der Waals surface area contributed by atoms with Crippen molar-refractivity contribution in [3.05, 3.63) is 22.7 Å². The zero-order valence-corrected chi connectivity index (χ0v) is 18.9. The number of fused-ring (bicyclic) bond motifs is 1. The Labute approximate surface area is 184 Å². The number of rotatable bonds is 9. The van der Waals surface area contributed by atoms with Gasteiger partial charge in [-0.2, -0.15) is 4.98 Å². The molecule has 2 aliphatic rings. The number of nitrogens with zero attached hydrogens (tertiary/aromatic N) is 2. The van der Waals surface area contributed by atoms with E-state index in [1.54, 1.807) is 5.48 Å². The Kier molecular flexibility index (Phi) is 8.04. The van der Waals surface area contributed by atoms with Gasteiger partial charge in [-0.05, 0) is 18.9 Å². The second kappa shape index (κ2) is 10.4. The number of aliphatic hydroxyl groups is 1. The molecule has 2 aliphatic heterocycles. The molecular weight excluding hydrogens is 447 g/mol. The summed E-state index contributed by atoms with van der Waals surface area (Å²) in [5.41, 5.74) is 0.962. The van der Waals surface area contributed by atoms with Gasteiger partial charge in [0.2, 0.25) is 0 Å². The molecule has 13 nitrogen and oxygen atoms in total. The van der Waals surface area contributed by atoms with Crippen LogP contribution in [-0.2, 0) is 27.9 Å². The lowest BCUT2D eigenvalue weighted by Gasteiger charge is -2.32. The van der Waals surface area contributed by atoms with Crippen molar-refractivity contribution >= 4 is 19.5 Å². The molecule has 0 radical (unpaired) electrons. The molecular formula is C18H29N4O9P. The number of hydrogen-bond acceptors (Lipinski definition) is 11. The Morgan fingerprint density at radius 2 is 2.16 bits per heavy atom. The fraction of sp³-hybridized carbons (Fsp3) is 0.722. The van der Waals surface area contributed by atoms with Gasteiger partial charge in [0.15, 0.2) is 12.0 Å². The number of aromatic nitrogens is 2. The molecule has 0 spiro atoms. The van der Waals surface area contributed by atoms with Crippen LogP contribution in [0.3, 0.4) is 0 Å². The van der Waals surface area contributed by atoms with Crippen LogP contribution in [0.2, 0.25) is 0 Å². The first-order chi connectivity index (χ1) is 15.2. The minimum atomic E-state index is -3.97. The predicted octanol–water partition coefficient (Wildman–Crippen LogP) is 0.784. The Bertz CT molecular complexity index is 909. The lowest BCUT2D eigenvalue weighted by atomic mass is 10.1. The molecule has 0 bridgehead atoms. The molecule has 14 heteroatoms. The molecule has 0 amide bonds. The monoisotopic (exact) mass is 476 g/mol. The molecule has 2 saturated heterocycles. The molecule has 6 atom stereocenters. The van der Waals surface area contributed by atoms with E-state index in [1.165, 1.54) is 19.2 Å². The van der Waals surface area contributed by atoms with Gasteiger partial charge in [0, 0.05) is 6.20 Å². The smallest absolute Gasteiger partial charge is 0.406 e. The zero-order valence-electron chi connectivity index (χ0n) is 18.0. The van der Waals surface area contributed by atoms with Gasteiger partial charge in [0.1, 0.15) is 24.4 Å². The first-order valence-corrected chi connectivity index (χ1v) is 12.0. The third kappa shape index (κ3) is 5.37. The number of esters is 1. The first kappa shape index (κ1) is 24.8. The number of carbonyl (C=O) groups excluding carboxylic acids is 1. The van der Waals surface area contributed by atoms with Gasteiger partial charge in [0.25, 0.3) is 0 Å². The summed E-state index contributed by atoms with van der Waals surface area (Å²) in [6, 6.07) is 0.324. The summed E-state index contributed by atoms with van der Waals surface area (Å²) >= 11 is 0. The lowest BCUT2D eigenvalue weighted by molar-refractivity contribution is -0.147. The predicted molar refractivity (Wildman–Crippen MR) is 110 cm³/mol. The third-order valence-electron chi connectivity index (χ3n) is 5.52. The number of anilines is 1. The Hall–Kier alpha value is -1.86. The Morgan fingerprint density at radius 1 is 1.44 bits per heavy atom. The van der Waals surface area contributed by atoms with Crippen LogP contribution in [0.5, 0.6) is 0 Å². The summed E-state index contributed by atoms with van der Waals surface area (Å²) in [6.45, 7) is 5.55. The van der Waals surface area contributed by atoms with E-state index in [0.29, 0.717) is 0 Å². The Balaban J connectivity index is 1.63. The highest BCUT2D eigenvalue weighted by molar-refractivity contribution is 7.51. The SMILES string of the molecule is CCC(CC)COC(=O)[C@H](C)NP1(=O)OC[C@H]2O[C@@H](n3ccc(NO)nc3=O)[C@H](O)[C@@H]2O1. The molecule has 4 N–H and O–H groups in total. The maximum absolute atomic E-state index is 13.0. The molecule has 0 aliphatic carbocycles. The van der Waals surface area contributed by atoms with E-state index in [-0.39, 0.29) is 24.9 Å². The highest BCUT2D eigenvalue weighted by Gasteiger charge is 2.53. The molecule has 2 fully saturated rings. The van der Waals surface area contributed by atoms with Crippen LogP contribution in [0.1, 0.15) is 39.8 Å². The minimum absolute atomic E-state index is 0.0745. The van der Waals surface area contributed by atoms with Crippen molar-refractivity contribution in [2.75, 3.05) is 18.7 Å². The van der Waals surface area contributed by atoms with Crippen LogP contribution >= 0.6 is 7.75 Å². The second-order valence-corrected chi connectivity index (χ2v) is 9.42. The summed E-state index contributed by atoms with van der Waals surface area (Å²) in [5.74, 6) is -0.430. The van der Waals surface area contributed by atoms with Crippen LogP contribution in [0.15, 0.2) is 17.1 Å². The van der Waals surface area contributed by atoms with Crippen LogP contribution in [0, 0.1) is 5.92 Å². The summed E-state index contributed by atoms with van der Waals surface area (Å²) in [7, 11) is -3.97. The van der Waals surface area contributed by atoms with Gasteiger partial charge in [-0.15, -0.1) is 0 Å². The minimum Gasteiger partial charge on any atom is -0.464 e. The maximum atomic E-state index is 13.0. The van der Waals surface area contributed by atoms with Crippen LogP contribution in [0.25, 0.3) is 0 Å². The van der Waals surface area contributed by atoms with Gasteiger partial charge in [0.05, 0.1) is 13.2 Å². The van der Waals surface area contributed by atoms with Gasteiger partial charge in [-0.25, -0.2) is 14.4 Å². The highest BCUT2D eigenvalue weighted by atomic mass is 31.2. The average molecular weight is 476 g/mol. The van der Waals surface area contributed by atoms with Crippen LogP contribution in [0.4, 0.5) is 5.82 Å². The molecule has 0 aromatic carbocycles. The fourth-order valence-electron chi connectivity index (χ4n) is 3.45. The van der Waals surface area contributed by atoms with Gasteiger partial charge in [-0.1, -0.05) is 26.7 Å². The van der Waals surface area contributed by atoms with Crippen LogP contribution in [-0.4, -0.2) is 63.4 Å². The highest BCUT2D eigenvalue weighted by Crippen LogP contribution is 2.53. The number of hydrogen-bond donors (Lipinski definition) is 4. The van der Waals surface area contributed by atoms with Crippen molar-refractivity contribution in [3.8, 4) is 0 Å². The van der Waals surface area contributed by atoms with Gasteiger partial charge < -0.3 is 14.6 Å². The van der Waals surface area contributed by atoms with E-state index in [9.17, 15) is 19.3 Å². The average Bonchev–Trinajstić information content (AvgIpc) is 3.09. The van der Waals surface area contributed by atoms with Crippen molar-refractivity contribution in [2.24, 2.45) is 5.92 Å². The van der Waals surface area contributed by atoms with Crippen molar-refractivity contribution in [1.29, 1.82) is 0 Å². The summed E-state index contributed by atoms with van der Waals surface area (Å²) in [4.78, 5) is 28.0. The summed E-state index contributed by atoms with van der Waals surface area (Å²) < 4.78 is 35.8. The molecule has 180 valence electrons. The fourth-order valence-corrected chi connectivity index (χ4v) is 5.15. The molecule has 3 heterocycles. The zero-order chi connectivity index (χ0) is 23.5. The topological polar surface area (TPSA) is 170 Å². The molecule has 1 aromatic rings. The van der Waals surface area contributed by atoms with Crippen molar-refractivity contribution in [2.45, 2.75) is 64.2 Å². The largest absolute Gasteiger partial charge is 0.464 e. The van der Waals surface area contributed by atoms with E-state index in [0.717, 1.165) is 17.4 Å². The number of ether oxygens (including phenoxy) is 2. The first-order valence-electron chi connectivity index (χ1n) is 10.4. The molecule has 3 rings (SSSR count). The van der Waals surface area contributed by atoms with E-state index >= 15 is 0 Å². The summed E-state index contributed by atoms with van der Waals surface area (Å²) in [6.07, 6.45) is -1.41. The number of nitrogens with one attached hydrogen (secondary N) is 2. The van der Waals surface area contributed by atoms with E-state index < -0.39 is 50.0 Å². The lowest BCUT2D eigenvalue weighted by Crippen LogP contribution is -2.44. The number of aliphatic hydroxyl groups excluding tert-OH is 1. The normalized spacial score (nSPS) is 30.7. The molecule has 1 aromatic heterocycles. The van der Waals surface area contributed by atoms with E-state index in [4.69, 9.17) is 23.7 Å². The maximum Gasteiger partial charge on any atom is 0.406 e. The quantitative estimate of drug-likeness (QED) is 0.225. The summed E-state index contributed by atoms with van der Waals surface area (Å²) in [5, 5.41) is 22.0. The van der Waals surface area contributed by atoms with Crippen LogP contribution < -0.4 is 16.3 Å².